The maximum Gasteiger partial charge on any atom is 0.256 e. The Labute approximate surface area is 116 Å². The Bertz CT molecular complexity index is 460. The summed E-state index contributed by atoms with van der Waals surface area (Å²) in [6.45, 7) is 6.34. The third-order valence-corrected chi connectivity index (χ3v) is 4.10. The standard InChI is InChI=1S/C16H24N2O/c1-11-8-9-15(17-4)14(10-11)16(19)18-12(2)6-5-7-13(18)3/h8-10,12-13,17H,5-7H2,1-4H3/t12-,13+. The fourth-order valence-corrected chi connectivity index (χ4v) is 3.01. The lowest BCUT2D eigenvalue weighted by atomic mass is 9.95. The van der Waals surface area contributed by atoms with Gasteiger partial charge < -0.3 is 10.2 Å². The summed E-state index contributed by atoms with van der Waals surface area (Å²) in [5.41, 5.74) is 2.84. The third-order valence-electron chi connectivity index (χ3n) is 4.10. The van der Waals surface area contributed by atoms with Gasteiger partial charge in [0.1, 0.15) is 0 Å². The molecule has 1 heterocycles. The molecule has 0 saturated carbocycles. The lowest BCUT2D eigenvalue weighted by Gasteiger charge is -2.39. The van der Waals surface area contributed by atoms with E-state index in [4.69, 9.17) is 0 Å². The number of likely N-dealkylation sites (tertiary alicyclic amines) is 1. The van der Waals surface area contributed by atoms with E-state index in [2.05, 4.69) is 24.1 Å². The summed E-state index contributed by atoms with van der Waals surface area (Å²) in [5.74, 6) is 0.160. The van der Waals surface area contributed by atoms with Crippen LogP contribution in [-0.2, 0) is 0 Å². The van der Waals surface area contributed by atoms with Crippen LogP contribution in [0.15, 0.2) is 18.2 Å². The molecule has 3 nitrogen and oxygen atoms in total. The number of nitrogens with zero attached hydrogens (tertiary/aromatic N) is 1. The van der Waals surface area contributed by atoms with Crippen molar-refractivity contribution in [2.75, 3.05) is 12.4 Å². The summed E-state index contributed by atoms with van der Waals surface area (Å²) in [6, 6.07) is 6.68. The Morgan fingerprint density at radius 1 is 1.26 bits per heavy atom. The highest BCUT2D eigenvalue weighted by molar-refractivity contribution is 6.00. The number of aryl methyl sites for hydroxylation is 1. The molecule has 1 N–H and O–H groups in total. The van der Waals surface area contributed by atoms with Gasteiger partial charge in [0.2, 0.25) is 0 Å². The van der Waals surface area contributed by atoms with Crippen molar-refractivity contribution in [2.45, 2.75) is 52.1 Å². The molecule has 1 aromatic rings. The van der Waals surface area contributed by atoms with Crippen molar-refractivity contribution in [3.63, 3.8) is 0 Å². The summed E-state index contributed by atoms with van der Waals surface area (Å²) >= 11 is 0. The number of carbonyl (C=O) groups is 1. The van der Waals surface area contributed by atoms with Gasteiger partial charge in [0.05, 0.1) is 5.56 Å². The second kappa shape index (κ2) is 5.64. The molecule has 19 heavy (non-hydrogen) atoms. The van der Waals surface area contributed by atoms with Gasteiger partial charge in [-0.05, 0) is 52.2 Å². The second-order valence-corrected chi connectivity index (χ2v) is 5.64. The predicted molar refractivity (Wildman–Crippen MR) is 79.7 cm³/mol. The zero-order chi connectivity index (χ0) is 14.0. The second-order valence-electron chi connectivity index (χ2n) is 5.64. The molecule has 0 unspecified atom stereocenters. The topological polar surface area (TPSA) is 32.3 Å². The molecule has 0 spiro atoms. The maximum absolute atomic E-state index is 12.8. The third kappa shape index (κ3) is 2.75. The summed E-state index contributed by atoms with van der Waals surface area (Å²) in [7, 11) is 1.87. The Hall–Kier alpha value is -1.51. The SMILES string of the molecule is CNc1ccc(C)cc1C(=O)N1[C@H](C)CCC[C@@H]1C. The molecule has 0 aromatic heterocycles. The number of nitrogens with one attached hydrogen (secondary N) is 1. The van der Waals surface area contributed by atoms with E-state index >= 15 is 0 Å². The lowest BCUT2D eigenvalue weighted by molar-refractivity contribution is 0.0511. The van der Waals surface area contributed by atoms with Gasteiger partial charge in [-0.2, -0.15) is 0 Å². The molecule has 0 radical (unpaired) electrons. The highest BCUT2D eigenvalue weighted by Gasteiger charge is 2.30. The largest absolute Gasteiger partial charge is 0.387 e. The molecule has 1 fully saturated rings. The average Bonchev–Trinajstić information content (AvgIpc) is 2.38. The van der Waals surface area contributed by atoms with E-state index in [9.17, 15) is 4.79 Å². The monoisotopic (exact) mass is 260 g/mol. The lowest BCUT2D eigenvalue weighted by Crippen LogP contribution is -2.47. The first-order valence-electron chi connectivity index (χ1n) is 7.15. The zero-order valence-electron chi connectivity index (χ0n) is 12.4. The Morgan fingerprint density at radius 3 is 2.47 bits per heavy atom. The van der Waals surface area contributed by atoms with E-state index in [1.54, 1.807) is 0 Å². The van der Waals surface area contributed by atoms with Gasteiger partial charge in [0.25, 0.3) is 5.91 Å². The van der Waals surface area contributed by atoms with E-state index in [1.165, 1.54) is 6.42 Å². The fourth-order valence-electron chi connectivity index (χ4n) is 3.01. The van der Waals surface area contributed by atoms with Crippen molar-refractivity contribution in [1.82, 2.24) is 4.90 Å². The minimum Gasteiger partial charge on any atom is -0.387 e. The summed E-state index contributed by atoms with van der Waals surface area (Å²) in [5, 5.41) is 3.12. The molecular weight excluding hydrogens is 236 g/mol. The smallest absolute Gasteiger partial charge is 0.256 e. The summed E-state index contributed by atoms with van der Waals surface area (Å²) in [4.78, 5) is 14.9. The number of carbonyl (C=O) groups excluding carboxylic acids is 1. The molecule has 1 aliphatic heterocycles. The van der Waals surface area contributed by atoms with Crippen LogP contribution in [0.1, 0.15) is 49.0 Å². The van der Waals surface area contributed by atoms with Crippen molar-refractivity contribution < 1.29 is 4.79 Å². The molecule has 0 bridgehead atoms. The molecule has 1 saturated heterocycles. The van der Waals surface area contributed by atoms with E-state index in [-0.39, 0.29) is 5.91 Å². The first-order chi connectivity index (χ1) is 9.04. The molecule has 1 amide bonds. The van der Waals surface area contributed by atoms with E-state index < -0.39 is 0 Å². The van der Waals surface area contributed by atoms with Crippen LogP contribution in [0, 0.1) is 6.92 Å². The minimum absolute atomic E-state index is 0.160. The molecule has 3 heteroatoms. The normalized spacial score (nSPS) is 23.3. The fraction of sp³-hybridized carbons (Fsp3) is 0.562. The van der Waals surface area contributed by atoms with Gasteiger partial charge in [-0.3, -0.25) is 4.79 Å². The number of piperidine rings is 1. The van der Waals surface area contributed by atoms with Crippen LogP contribution < -0.4 is 5.32 Å². The van der Waals surface area contributed by atoms with Gasteiger partial charge >= 0.3 is 0 Å². The van der Waals surface area contributed by atoms with Gasteiger partial charge in [0, 0.05) is 24.8 Å². The molecule has 0 aliphatic carbocycles. The van der Waals surface area contributed by atoms with Gasteiger partial charge in [0.15, 0.2) is 0 Å². The van der Waals surface area contributed by atoms with Crippen molar-refractivity contribution in [3.8, 4) is 0 Å². The van der Waals surface area contributed by atoms with E-state index in [1.807, 2.05) is 32.2 Å². The first-order valence-corrected chi connectivity index (χ1v) is 7.15. The number of anilines is 1. The zero-order valence-corrected chi connectivity index (χ0v) is 12.4. The van der Waals surface area contributed by atoms with Crippen LogP contribution in [0.5, 0.6) is 0 Å². The average molecular weight is 260 g/mol. The van der Waals surface area contributed by atoms with Crippen LogP contribution in [-0.4, -0.2) is 29.9 Å². The first kappa shape index (κ1) is 13.9. The summed E-state index contributed by atoms with van der Waals surface area (Å²) in [6.07, 6.45) is 3.44. The number of rotatable bonds is 2. The minimum atomic E-state index is 0.160. The molecule has 104 valence electrons. The predicted octanol–water partition coefficient (Wildman–Crippen LogP) is 3.44. The summed E-state index contributed by atoms with van der Waals surface area (Å²) < 4.78 is 0. The molecule has 2 rings (SSSR count). The molecule has 2 atom stereocenters. The van der Waals surface area contributed by atoms with Crippen molar-refractivity contribution in [1.29, 1.82) is 0 Å². The van der Waals surface area contributed by atoms with Crippen molar-refractivity contribution in [2.24, 2.45) is 0 Å². The highest BCUT2D eigenvalue weighted by atomic mass is 16.2. The Kier molecular flexibility index (Phi) is 4.13. The van der Waals surface area contributed by atoms with Crippen LogP contribution in [0.3, 0.4) is 0 Å². The highest BCUT2D eigenvalue weighted by Crippen LogP contribution is 2.27. The van der Waals surface area contributed by atoms with Crippen LogP contribution >= 0.6 is 0 Å². The van der Waals surface area contributed by atoms with E-state index in [0.717, 1.165) is 29.7 Å². The van der Waals surface area contributed by atoms with Gasteiger partial charge in [-0.1, -0.05) is 11.6 Å². The van der Waals surface area contributed by atoms with Crippen LogP contribution in [0.4, 0.5) is 5.69 Å². The number of hydrogen-bond acceptors (Lipinski definition) is 2. The van der Waals surface area contributed by atoms with Crippen LogP contribution in [0.2, 0.25) is 0 Å². The van der Waals surface area contributed by atoms with Crippen molar-refractivity contribution >= 4 is 11.6 Å². The quantitative estimate of drug-likeness (QED) is 0.883. The van der Waals surface area contributed by atoms with Gasteiger partial charge in [-0.25, -0.2) is 0 Å². The Morgan fingerprint density at radius 2 is 1.89 bits per heavy atom. The van der Waals surface area contributed by atoms with Crippen molar-refractivity contribution in [3.05, 3.63) is 29.3 Å². The Balaban J connectivity index is 2.35. The number of benzene rings is 1. The molecular formula is C16H24N2O. The number of amides is 1. The molecule has 1 aliphatic rings. The molecule has 1 aromatic carbocycles. The number of hydrogen-bond donors (Lipinski definition) is 1. The van der Waals surface area contributed by atoms with E-state index in [0.29, 0.717) is 12.1 Å². The van der Waals surface area contributed by atoms with Crippen LogP contribution in [0.25, 0.3) is 0 Å². The maximum atomic E-state index is 12.8. The van der Waals surface area contributed by atoms with Gasteiger partial charge in [-0.15, -0.1) is 0 Å².